The molecule has 0 aliphatic rings. The van der Waals surface area contributed by atoms with Crippen molar-refractivity contribution in [2.75, 3.05) is 26.3 Å². The molecule has 2 rings (SSSR count). The zero-order valence-corrected chi connectivity index (χ0v) is 17.8. The van der Waals surface area contributed by atoms with E-state index in [9.17, 15) is 0 Å². The van der Waals surface area contributed by atoms with Crippen LogP contribution in [-0.2, 0) is 17.8 Å². The summed E-state index contributed by atoms with van der Waals surface area (Å²) in [6.45, 7) is 11.8. The maximum Gasteiger partial charge on any atom is 0.0590 e. The molecule has 0 aliphatic carbocycles. The maximum absolute atomic E-state index is 5.38. The van der Waals surface area contributed by atoms with Crippen molar-refractivity contribution >= 4 is 12.4 Å². The Kier molecular flexibility index (Phi) is 12.0. The molecule has 0 aromatic heterocycles. The average molecular weight is 391 g/mol. The first-order valence-corrected chi connectivity index (χ1v) is 9.87. The van der Waals surface area contributed by atoms with E-state index < -0.39 is 0 Å². The summed E-state index contributed by atoms with van der Waals surface area (Å²) >= 11 is 0. The second-order valence-electron chi connectivity index (χ2n) is 7.09. The van der Waals surface area contributed by atoms with E-state index >= 15 is 0 Å². The molecule has 0 saturated carbocycles. The van der Waals surface area contributed by atoms with Crippen LogP contribution >= 0.6 is 12.4 Å². The number of benzene rings is 2. The van der Waals surface area contributed by atoms with Crippen molar-refractivity contribution in [2.24, 2.45) is 5.92 Å². The van der Waals surface area contributed by atoms with Gasteiger partial charge in [-0.25, -0.2) is 0 Å². The van der Waals surface area contributed by atoms with Crippen molar-refractivity contribution in [3.8, 4) is 11.1 Å². The van der Waals surface area contributed by atoms with Gasteiger partial charge in [-0.1, -0.05) is 62.4 Å². The Morgan fingerprint density at radius 1 is 0.926 bits per heavy atom. The lowest BCUT2D eigenvalue weighted by Crippen LogP contribution is -2.20. The third-order valence-corrected chi connectivity index (χ3v) is 4.42. The Balaban J connectivity index is 0.00000364. The van der Waals surface area contributed by atoms with Gasteiger partial charge in [0.2, 0.25) is 0 Å². The summed E-state index contributed by atoms with van der Waals surface area (Å²) in [6.07, 6.45) is 1.21. The van der Waals surface area contributed by atoms with Crippen LogP contribution in [0.2, 0.25) is 0 Å². The van der Waals surface area contributed by atoms with E-state index in [4.69, 9.17) is 4.74 Å². The van der Waals surface area contributed by atoms with Gasteiger partial charge in [0, 0.05) is 26.2 Å². The maximum atomic E-state index is 5.38. The molecule has 2 aromatic carbocycles. The molecule has 2 aromatic rings. The van der Waals surface area contributed by atoms with Crippen LogP contribution in [0.15, 0.2) is 48.5 Å². The van der Waals surface area contributed by atoms with E-state index in [0.717, 1.165) is 45.3 Å². The van der Waals surface area contributed by atoms with Crippen LogP contribution in [0.25, 0.3) is 11.1 Å². The minimum absolute atomic E-state index is 0. The van der Waals surface area contributed by atoms with E-state index in [2.05, 4.69) is 73.0 Å². The van der Waals surface area contributed by atoms with Gasteiger partial charge in [-0.15, -0.1) is 12.4 Å². The summed E-state index contributed by atoms with van der Waals surface area (Å²) in [5.74, 6) is 0.733. The number of rotatable bonds is 12. The fourth-order valence-electron chi connectivity index (χ4n) is 2.94. The number of hydrogen-bond acceptors (Lipinski definition) is 3. The quantitative estimate of drug-likeness (QED) is 0.498. The van der Waals surface area contributed by atoms with Crippen molar-refractivity contribution in [1.29, 1.82) is 0 Å². The molecule has 2 N–H and O–H groups in total. The van der Waals surface area contributed by atoms with Gasteiger partial charge in [-0.3, -0.25) is 0 Å². The zero-order valence-electron chi connectivity index (χ0n) is 17.0. The zero-order chi connectivity index (χ0) is 18.6. The van der Waals surface area contributed by atoms with Gasteiger partial charge in [0.05, 0.1) is 6.61 Å². The monoisotopic (exact) mass is 390 g/mol. The number of hydrogen-bond donors (Lipinski definition) is 2. The van der Waals surface area contributed by atoms with Gasteiger partial charge >= 0.3 is 0 Å². The molecule has 0 atom stereocenters. The van der Waals surface area contributed by atoms with Gasteiger partial charge in [-0.2, -0.15) is 0 Å². The summed E-state index contributed by atoms with van der Waals surface area (Å²) in [7, 11) is 0. The Morgan fingerprint density at radius 3 is 2.37 bits per heavy atom. The van der Waals surface area contributed by atoms with Crippen LogP contribution < -0.4 is 10.6 Å². The lowest BCUT2D eigenvalue weighted by Gasteiger charge is -2.14. The van der Waals surface area contributed by atoms with Crippen molar-refractivity contribution in [3.05, 3.63) is 59.7 Å². The van der Waals surface area contributed by atoms with Crippen LogP contribution in [0.3, 0.4) is 0 Å². The van der Waals surface area contributed by atoms with E-state index in [1.165, 1.54) is 28.7 Å². The molecule has 3 nitrogen and oxygen atoms in total. The van der Waals surface area contributed by atoms with Gasteiger partial charge in [0.15, 0.2) is 0 Å². The SMILES string of the molecule is CCOCCNCc1ccc(-c2ccccc2)c(CNCCC(C)C)c1.Cl. The highest BCUT2D eigenvalue weighted by molar-refractivity contribution is 5.85. The molecule has 0 heterocycles. The van der Waals surface area contributed by atoms with Crippen LogP contribution in [0.4, 0.5) is 0 Å². The molecule has 150 valence electrons. The third kappa shape index (κ3) is 8.89. The van der Waals surface area contributed by atoms with Crippen molar-refractivity contribution < 1.29 is 4.74 Å². The van der Waals surface area contributed by atoms with E-state index in [-0.39, 0.29) is 12.4 Å². The highest BCUT2D eigenvalue weighted by Gasteiger charge is 2.07. The highest BCUT2D eigenvalue weighted by atomic mass is 35.5. The fraction of sp³-hybridized carbons (Fsp3) is 0.478. The number of ether oxygens (including phenoxy) is 1. The second-order valence-corrected chi connectivity index (χ2v) is 7.09. The molecule has 0 aliphatic heterocycles. The average Bonchev–Trinajstić information content (AvgIpc) is 2.66. The van der Waals surface area contributed by atoms with Crippen LogP contribution in [0, 0.1) is 5.92 Å². The van der Waals surface area contributed by atoms with Crippen molar-refractivity contribution in [1.82, 2.24) is 10.6 Å². The first-order chi connectivity index (χ1) is 12.7. The Labute approximate surface area is 171 Å². The molecule has 0 fully saturated rings. The minimum atomic E-state index is 0. The van der Waals surface area contributed by atoms with E-state index in [1.54, 1.807) is 0 Å². The first-order valence-electron chi connectivity index (χ1n) is 9.87. The highest BCUT2D eigenvalue weighted by Crippen LogP contribution is 2.25. The largest absolute Gasteiger partial charge is 0.380 e. The smallest absolute Gasteiger partial charge is 0.0590 e. The molecule has 0 bridgehead atoms. The summed E-state index contributed by atoms with van der Waals surface area (Å²) < 4.78 is 5.38. The summed E-state index contributed by atoms with van der Waals surface area (Å²) in [5.41, 5.74) is 5.29. The molecule has 27 heavy (non-hydrogen) atoms. The van der Waals surface area contributed by atoms with Crippen molar-refractivity contribution in [2.45, 2.75) is 40.3 Å². The molecule has 0 radical (unpaired) electrons. The minimum Gasteiger partial charge on any atom is -0.380 e. The summed E-state index contributed by atoms with van der Waals surface area (Å²) in [6, 6.07) is 17.5. The molecule has 0 amide bonds. The standard InChI is InChI=1S/C23H34N2O.ClH/c1-4-26-15-14-25-17-20-10-11-23(21-8-6-5-7-9-21)22(16-20)18-24-13-12-19(2)3;/h5-11,16,19,24-25H,4,12-15,17-18H2,1-3H3;1H. The van der Waals surface area contributed by atoms with Crippen LogP contribution in [-0.4, -0.2) is 26.3 Å². The van der Waals surface area contributed by atoms with Crippen LogP contribution in [0.1, 0.15) is 38.3 Å². The van der Waals surface area contributed by atoms with Gasteiger partial charge in [0.1, 0.15) is 0 Å². The number of halogens is 1. The van der Waals surface area contributed by atoms with Gasteiger partial charge in [0.25, 0.3) is 0 Å². The van der Waals surface area contributed by atoms with Crippen molar-refractivity contribution in [3.63, 3.8) is 0 Å². The molecule has 4 heteroatoms. The normalized spacial score (nSPS) is 10.8. The summed E-state index contributed by atoms with van der Waals surface area (Å²) in [4.78, 5) is 0. The van der Waals surface area contributed by atoms with E-state index in [0.29, 0.717) is 0 Å². The predicted octanol–water partition coefficient (Wildman–Crippen LogP) is 5.04. The van der Waals surface area contributed by atoms with Crippen LogP contribution in [0.5, 0.6) is 0 Å². The summed E-state index contributed by atoms with van der Waals surface area (Å²) in [5, 5.41) is 7.07. The first kappa shape index (κ1) is 23.6. The molecule has 0 spiro atoms. The molecule has 0 saturated heterocycles. The van der Waals surface area contributed by atoms with Gasteiger partial charge in [-0.05, 0) is 48.1 Å². The lowest BCUT2D eigenvalue weighted by molar-refractivity contribution is 0.149. The topological polar surface area (TPSA) is 33.3 Å². The Bertz CT molecular complexity index is 632. The second kappa shape index (κ2) is 13.7. The molecular formula is C23H35ClN2O. The molecule has 0 unspecified atom stereocenters. The molecular weight excluding hydrogens is 356 g/mol. The van der Waals surface area contributed by atoms with Gasteiger partial charge < -0.3 is 15.4 Å². The number of nitrogens with one attached hydrogen (secondary N) is 2. The lowest BCUT2D eigenvalue weighted by atomic mass is 9.97. The third-order valence-electron chi connectivity index (χ3n) is 4.42. The predicted molar refractivity (Wildman–Crippen MR) is 118 cm³/mol. The van der Waals surface area contributed by atoms with E-state index in [1.807, 2.05) is 6.92 Å². The Morgan fingerprint density at radius 2 is 1.67 bits per heavy atom. The fourth-order valence-corrected chi connectivity index (χ4v) is 2.94. The Hall–Kier alpha value is -1.39.